The Morgan fingerprint density at radius 1 is 1.25 bits per heavy atom. The van der Waals surface area contributed by atoms with E-state index >= 15 is 0 Å². The van der Waals surface area contributed by atoms with Crippen LogP contribution in [0.1, 0.15) is 39.2 Å². The van der Waals surface area contributed by atoms with Crippen LogP contribution in [-0.2, 0) is 11.3 Å². The Bertz CT molecular complexity index is 1150. The minimum absolute atomic E-state index is 0.209. The number of hydrogen-bond acceptors (Lipinski definition) is 4. The fraction of sp³-hybridized carbons (Fsp3) is 0.458. The van der Waals surface area contributed by atoms with Crippen molar-refractivity contribution in [3.05, 3.63) is 46.3 Å². The van der Waals surface area contributed by atoms with Gasteiger partial charge in [-0.2, -0.15) is 4.98 Å². The third-order valence-electron chi connectivity index (χ3n) is 5.76. The lowest BCUT2D eigenvalue weighted by atomic mass is 9.97. The second-order valence-corrected chi connectivity index (χ2v) is 10.1. The molecule has 0 spiro atoms. The normalized spacial score (nSPS) is 17.1. The van der Waals surface area contributed by atoms with Crippen molar-refractivity contribution in [1.82, 2.24) is 19.4 Å². The monoisotopic (exact) mass is 474 g/mol. The highest BCUT2D eigenvalue weighted by Crippen LogP contribution is 2.37. The Labute approximate surface area is 198 Å². The number of carbonyl (C=O) groups excluding carboxylic acids is 1. The van der Waals surface area contributed by atoms with Gasteiger partial charge in [0.05, 0.1) is 5.69 Å². The highest BCUT2D eigenvalue weighted by Gasteiger charge is 2.29. The molecule has 3 aromatic rings. The zero-order valence-electron chi connectivity index (χ0n) is 18.9. The number of rotatable bonds is 3. The Morgan fingerprint density at radius 3 is 2.72 bits per heavy atom. The van der Waals surface area contributed by atoms with Crippen molar-refractivity contribution in [2.75, 3.05) is 13.1 Å². The predicted octanol–water partition coefficient (Wildman–Crippen LogP) is 6.36. The van der Waals surface area contributed by atoms with Gasteiger partial charge >= 0.3 is 6.09 Å². The minimum Gasteiger partial charge on any atom is -0.444 e. The van der Waals surface area contributed by atoms with Crippen molar-refractivity contribution in [2.24, 2.45) is 5.92 Å². The maximum atomic E-state index is 12.6. The molecule has 32 heavy (non-hydrogen) atoms. The highest BCUT2D eigenvalue weighted by atomic mass is 35.5. The Morgan fingerprint density at radius 2 is 2.00 bits per heavy atom. The van der Waals surface area contributed by atoms with Crippen LogP contribution in [0.25, 0.3) is 22.3 Å². The molecule has 0 bridgehead atoms. The standard InChI is InChI=1S/C24H28Cl2N4O2/c1-15-18-12-27-22(26)28-21(18)30(20(15)17-9-5-6-10-19(17)25)14-16-8-7-11-29(13-16)23(31)32-24(2,3)4/h5-6,9-10,12,16H,7-8,11,13-14H2,1-4H3/t16-/m1/s1. The van der Waals surface area contributed by atoms with Gasteiger partial charge in [0.15, 0.2) is 0 Å². The molecule has 0 unspecified atom stereocenters. The third kappa shape index (κ3) is 4.71. The molecule has 0 aliphatic carbocycles. The molecule has 170 valence electrons. The summed E-state index contributed by atoms with van der Waals surface area (Å²) >= 11 is 12.8. The van der Waals surface area contributed by atoms with Crippen molar-refractivity contribution in [1.29, 1.82) is 0 Å². The first-order chi connectivity index (χ1) is 15.1. The number of benzene rings is 1. The first-order valence-corrected chi connectivity index (χ1v) is 11.6. The molecule has 1 aliphatic heterocycles. The number of ether oxygens (including phenoxy) is 1. The lowest BCUT2D eigenvalue weighted by Gasteiger charge is -2.34. The fourth-order valence-electron chi connectivity index (χ4n) is 4.40. The average Bonchev–Trinajstić information content (AvgIpc) is 2.98. The van der Waals surface area contributed by atoms with Crippen LogP contribution in [0.15, 0.2) is 30.5 Å². The van der Waals surface area contributed by atoms with Gasteiger partial charge in [-0.1, -0.05) is 29.8 Å². The van der Waals surface area contributed by atoms with E-state index in [2.05, 4.69) is 21.5 Å². The molecule has 1 aliphatic rings. The van der Waals surface area contributed by atoms with E-state index in [0.29, 0.717) is 24.7 Å². The van der Waals surface area contributed by atoms with Crippen LogP contribution in [0.2, 0.25) is 10.3 Å². The molecule has 0 radical (unpaired) electrons. The number of nitrogens with zero attached hydrogens (tertiary/aromatic N) is 4. The SMILES string of the molecule is Cc1c(-c2ccccc2Cl)n(C[C@@H]2CCCN(C(=O)OC(C)(C)C)C2)c2nc(Cl)ncc12. The number of aromatic nitrogens is 3. The maximum absolute atomic E-state index is 12.6. The molecule has 6 nitrogen and oxygen atoms in total. The predicted molar refractivity (Wildman–Crippen MR) is 128 cm³/mol. The van der Waals surface area contributed by atoms with Crippen LogP contribution in [0.5, 0.6) is 0 Å². The van der Waals surface area contributed by atoms with Gasteiger partial charge in [-0.25, -0.2) is 9.78 Å². The fourth-order valence-corrected chi connectivity index (χ4v) is 4.76. The lowest BCUT2D eigenvalue weighted by Crippen LogP contribution is -2.43. The molecule has 2 aromatic heterocycles. The molecular formula is C24H28Cl2N4O2. The highest BCUT2D eigenvalue weighted by molar-refractivity contribution is 6.33. The summed E-state index contributed by atoms with van der Waals surface area (Å²) in [5, 5.41) is 1.84. The molecule has 4 rings (SSSR count). The van der Waals surface area contributed by atoms with Gasteiger partial charge in [-0.15, -0.1) is 0 Å². The van der Waals surface area contributed by atoms with E-state index in [9.17, 15) is 4.79 Å². The molecule has 1 saturated heterocycles. The number of likely N-dealkylation sites (tertiary alicyclic amines) is 1. The van der Waals surface area contributed by atoms with Crippen LogP contribution in [0, 0.1) is 12.8 Å². The first kappa shape index (κ1) is 22.9. The number of fused-ring (bicyclic) bond motifs is 1. The van der Waals surface area contributed by atoms with Gasteiger partial charge in [-0.3, -0.25) is 0 Å². The largest absolute Gasteiger partial charge is 0.444 e. The summed E-state index contributed by atoms with van der Waals surface area (Å²) in [4.78, 5) is 23.2. The topological polar surface area (TPSA) is 60.2 Å². The molecule has 1 fully saturated rings. The lowest BCUT2D eigenvalue weighted by molar-refractivity contribution is 0.0158. The third-order valence-corrected chi connectivity index (χ3v) is 6.28. The minimum atomic E-state index is -0.511. The van der Waals surface area contributed by atoms with Gasteiger partial charge in [0.2, 0.25) is 5.28 Å². The van der Waals surface area contributed by atoms with E-state index in [-0.39, 0.29) is 17.3 Å². The number of aryl methyl sites for hydroxylation is 1. The summed E-state index contributed by atoms with van der Waals surface area (Å²) in [6.07, 6.45) is 3.45. The summed E-state index contributed by atoms with van der Waals surface area (Å²) in [5.41, 5.74) is 3.29. The van der Waals surface area contributed by atoms with Crippen molar-refractivity contribution in [2.45, 2.75) is 52.7 Å². The van der Waals surface area contributed by atoms with E-state index in [1.165, 1.54) is 0 Å². The molecule has 1 amide bonds. The van der Waals surface area contributed by atoms with E-state index in [0.717, 1.165) is 40.7 Å². The van der Waals surface area contributed by atoms with Crippen molar-refractivity contribution >= 4 is 40.3 Å². The Kier molecular flexibility index (Phi) is 6.37. The molecule has 1 atom stereocenters. The summed E-state index contributed by atoms with van der Waals surface area (Å²) in [6.45, 7) is 9.76. The van der Waals surface area contributed by atoms with Gasteiger partial charge in [0.25, 0.3) is 0 Å². The van der Waals surface area contributed by atoms with Crippen LogP contribution in [0.4, 0.5) is 4.79 Å². The van der Waals surface area contributed by atoms with Crippen molar-refractivity contribution < 1.29 is 9.53 Å². The summed E-state index contributed by atoms with van der Waals surface area (Å²) in [6, 6.07) is 7.81. The number of amides is 1. The van der Waals surface area contributed by atoms with Gasteiger partial charge in [0.1, 0.15) is 11.2 Å². The van der Waals surface area contributed by atoms with E-state index in [1.807, 2.05) is 49.9 Å². The smallest absolute Gasteiger partial charge is 0.410 e. The Balaban J connectivity index is 1.71. The zero-order chi connectivity index (χ0) is 23.0. The van der Waals surface area contributed by atoms with Crippen LogP contribution >= 0.6 is 23.2 Å². The molecule has 0 saturated carbocycles. The summed E-state index contributed by atoms with van der Waals surface area (Å²) < 4.78 is 7.78. The molecular weight excluding hydrogens is 447 g/mol. The Hall–Kier alpha value is -2.31. The molecule has 8 heteroatoms. The summed E-state index contributed by atoms with van der Waals surface area (Å²) in [5.74, 6) is 0.251. The molecule has 3 heterocycles. The number of hydrogen-bond donors (Lipinski definition) is 0. The number of piperidine rings is 1. The quantitative estimate of drug-likeness (QED) is 0.414. The van der Waals surface area contributed by atoms with Gasteiger partial charge in [-0.05, 0) is 69.7 Å². The van der Waals surface area contributed by atoms with E-state index < -0.39 is 5.60 Å². The second kappa shape index (κ2) is 8.91. The number of halogens is 2. The van der Waals surface area contributed by atoms with Crippen LogP contribution in [0.3, 0.4) is 0 Å². The van der Waals surface area contributed by atoms with Crippen LogP contribution in [-0.4, -0.2) is 44.2 Å². The zero-order valence-corrected chi connectivity index (χ0v) is 20.4. The van der Waals surface area contributed by atoms with Crippen molar-refractivity contribution in [3.63, 3.8) is 0 Å². The second-order valence-electron chi connectivity index (χ2n) is 9.37. The number of carbonyl (C=O) groups is 1. The molecule has 0 N–H and O–H groups in total. The van der Waals surface area contributed by atoms with E-state index in [4.69, 9.17) is 27.9 Å². The molecule has 1 aromatic carbocycles. The van der Waals surface area contributed by atoms with Crippen LogP contribution < -0.4 is 0 Å². The summed E-state index contributed by atoms with van der Waals surface area (Å²) in [7, 11) is 0. The van der Waals surface area contributed by atoms with Crippen molar-refractivity contribution in [3.8, 4) is 11.3 Å². The first-order valence-electron chi connectivity index (χ1n) is 10.9. The van der Waals surface area contributed by atoms with E-state index in [1.54, 1.807) is 6.20 Å². The van der Waals surface area contributed by atoms with Gasteiger partial charge in [0, 0.05) is 41.8 Å². The van der Waals surface area contributed by atoms with Gasteiger partial charge < -0.3 is 14.2 Å². The maximum Gasteiger partial charge on any atom is 0.410 e. The average molecular weight is 475 g/mol.